The molecule has 2 heterocycles. The average molecular weight is 603 g/mol. The maximum atomic E-state index is 15.1. The number of hydrogen-bond donors (Lipinski definition) is 2. The quantitative estimate of drug-likeness (QED) is 0.118. The predicted octanol–water partition coefficient (Wildman–Crippen LogP) is 5.45. The lowest BCUT2D eigenvalue weighted by Crippen LogP contribution is -2.21. The molecule has 1 fully saturated rings. The second-order valence-corrected chi connectivity index (χ2v) is 10.3. The van der Waals surface area contributed by atoms with E-state index in [9.17, 15) is 9.90 Å². The van der Waals surface area contributed by atoms with E-state index in [1.165, 1.54) is 44.4 Å². The van der Waals surface area contributed by atoms with Crippen LogP contribution >= 0.6 is 0 Å². The van der Waals surface area contributed by atoms with Crippen LogP contribution in [0.15, 0.2) is 65.9 Å². The van der Waals surface area contributed by atoms with Crippen molar-refractivity contribution in [1.29, 1.82) is 0 Å². The van der Waals surface area contributed by atoms with Gasteiger partial charge in [-0.1, -0.05) is 6.07 Å². The summed E-state index contributed by atoms with van der Waals surface area (Å²) in [7, 11) is 3.02. The Hall–Kier alpha value is -4.90. The molecule has 0 bridgehead atoms. The first-order valence-electron chi connectivity index (χ1n) is 14.4. The van der Waals surface area contributed by atoms with Crippen molar-refractivity contribution in [2.75, 3.05) is 40.5 Å². The molecule has 3 aromatic carbocycles. The number of nitrogens with one attached hydrogen (secondary N) is 1. The molecule has 0 atom stereocenters. The van der Waals surface area contributed by atoms with Crippen molar-refractivity contribution < 1.29 is 33.2 Å². The molecule has 0 spiro atoms. The van der Waals surface area contributed by atoms with E-state index in [4.69, 9.17) is 18.9 Å². The number of amides is 1. The first-order valence-corrected chi connectivity index (χ1v) is 14.4. The number of carbonyl (C=O) groups excluding carboxylic acids is 1. The molecule has 0 saturated carbocycles. The number of phenolic OH excluding ortho intramolecular Hbond substituents is 1. The lowest BCUT2D eigenvalue weighted by Gasteiger charge is -2.16. The van der Waals surface area contributed by atoms with Gasteiger partial charge in [0.25, 0.3) is 0 Å². The third kappa shape index (κ3) is 7.73. The minimum absolute atomic E-state index is 0.000184. The minimum atomic E-state index is -0.623. The highest BCUT2D eigenvalue weighted by molar-refractivity contribution is 5.88. The lowest BCUT2D eigenvalue weighted by atomic mass is 10.1. The summed E-state index contributed by atoms with van der Waals surface area (Å²) in [5.74, 6) is 0.747. The Morgan fingerprint density at radius 3 is 2.55 bits per heavy atom. The molecule has 0 radical (unpaired) electrons. The molecule has 11 heteroatoms. The zero-order chi connectivity index (χ0) is 30.9. The van der Waals surface area contributed by atoms with Gasteiger partial charge in [0.1, 0.15) is 5.75 Å². The zero-order valence-electron chi connectivity index (χ0n) is 24.7. The summed E-state index contributed by atoms with van der Waals surface area (Å²) in [6.07, 6.45) is 6.31. The third-order valence-corrected chi connectivity index (χ3v) is 7.25. The summed E-state index contributed by atoms with van der Waals surface area (Å²) >= 11 is 0. The van der Waals surface area contributed by atoms with Gasteiger partial charge in [-0.3, -0.25) is 9.78 Å². The Morgan fingerprint density at radius 2 is 1.80 bits per heavy atom. The van der Waals surface area contributed by atoms with Gasteiger partial charge in [-0.05, 0) is 85.9 Å². The summed E-state index contributed by atoms with van der Waals surface area (Å²) in [6.45, 7) is 3.87. The Morgan fingerprint density at radius 1 is 1.00 bits per heavy atom. The van der Waals surface area contributed by atoms with Crippen LogP contribution in [0.1, 0.15) is 30.4 Å². The maximum Gasteiger partial charge on any atom is 0.244 e. The molecule has 5 rings (SSSR count). The number of pyridine rings is 1. The van der Waals surface area contributed by atoms with E-state index in [-0.39, 0.29) is 17.9 Å². The summed E-state index contributed by atoms with van der Waals surface area (Å²) in [4.78, 5) is 19.2. The number of ether oxygens (including phenoxy) is 4. The molecule has 2 N–H and O–H groups in total. The fraction of sp³-hybridized carbons (Fsp3) is 0.303. The number of benzene rings is 3. The summed E-state index contributed by atoms with van der Waals surface area (Å²) in [5, 5.41) is 14.4. The van der Waals surface area contributed by atoms with Gasteiger partial charge in [0.15, 0.2) is 34.6 Å². The number of likely N-dealkylation sites (tertiary alicyclic amines) is 1. The van der Waals surface area contributed by atoms with Gasteiger partial charge in [0.05, 0.1) is 39.0 Å². The van der Waals surface area contributed by atoms with Gasteiger partial charge in [-0.2, -0.15) is 5.10 Å². The first-order chi connectivity index (χ1) is 21.4. The monoisotopic (exact) mass is 602 g/mol. The number of phenols is 1. The van der Waals surface area contributed by atoms with Crippen molar-refractivity contribution in [2.24, 2.45) is 5.10 Å². The van der Waals surface area contributed by atoms with E-state index in [1.807, 2.05) is 0 Å². The number of fused-ring (bicyclic) bond motifs is 1. The number of aromatic hydroxyl groups is 1. The average Bonchev–Trinajstić information content (AvgIpc) is 3.54. The summed E-state index contributed by atoms with van der Waals surface area (Å²) in [5.41, 5.74) is 4.03. The summed E-state index contributed by atoms with van der Waals surface area (Å²) < 4.78 is 37.6. The number of halogens is 1. The standard InChI is InChI=1S/C33H35FN4O6/c1-41-30-9-7-23(17-27(30)39)21-36-37-33(40)18-22-6-8-29(25(34)16-22)44-28-10-11-35-26-20-32(31(42-2)19-24(26)28)43-15-5-14-38-12-3-4-13-38/h6-11,16-17,19-21,39H,3-5,12-15,18H2,1-2H3,(H,37,40)/b36-21+. The van der Waals surface area contributed by atoms with Gasteiger partial charge >= 0.3 is 0 Å². The minimum Gasteiger partial charge on any atom is -0.504 e. The Labute approximate surface area is 255 Å². The van der Waals surface area contributed by atoms with E-state index >= 15 is 4.39 Å². The zero-order valence-corrected chi connectivity index (χ0v) is 24.7. The second kappa shape index (κ2) is 14.5. The van der Waals surface area contributed by atoms with E-state index in [2.05, 4.69) is 20.4 Å². The molecular formula is C33H35FN4O6. The maximum absolute atomic E-state index is 15.1. The molecule has 10 nitrogen and oxygen atoms in total. The Kier molecular flexibility index (Phi) is 10.1. The first kappa shape index (κ1) is 30.6. The van der Waals surface area contributed by atoms with Crippen molar-refractivity contribution in [1.82, 2.24) is 15.3 Å². The van der Waals surface area contributed by atoms with Crippen molar-refractivity contribution in [3.05, 3.63) is 77.7 Å². The van der Waals surface area contributed by atoms with E-state index in [0.717, 1.165) is 26.1 Å². The molecule has 1 aliphatic heterocycles. The van der Waals surface area contributed by atoms with Gasteiger partial charge in [0, 0.05) is 24.2 Å². The summed E-state index contributed by atoms with van der Waals surface area (Å²) in [6, 6.07) is 14.3. The molecule has 0 unspecified atom stereocenters. The number of hydrogen-bond acceptors (Lipinski definition) is 9. The molecule has 1 aromatic heterocycles. The van der Waals surface area contributed by atoms with Gasteiger partial charge in [0.2, 0.25) is 5.91 Å². The normalized spacial score (nSPS) is 13.3. The smallest absolute Gasteiger partial charge is 0.244 e. The largest absolute Gasteiger partial charge is 0.504 e. The van der Waals surface area contributed by atoms with Crippen LogP contribution in [0.2, 0.25) is 0 Å². The van der Waals surface area contributed by atoms with Crippen LogP contribution in [0.4, 0.5) is 4.39 Å². The van der Waals surface area contributed by atoms with E-state index in [0.29, 0.717) is 51.6 Å². The molecule has 0 aliphatic carbocycles. The molecule has 1 aliphatic rings. The van der Waals surface area contributed by atoms with Crippen LogP contribution < -0.4 is 24.4 Å². The molecule has 44 heavy (non-hydrogen) atoms. The Bertz CT molecular complexity index is 1640. The topological polar surface area (TPSA) is 115 Å². The van der Waals surface area contributed by atoms with Crippen LogP contribution in [-0.2, 0) is 11.2 Å². The van der Waals surface area contributed by atoms with E-state index in [1.54, 1.807) is 49.7 Å². The van der Waals surface area contributed by atoms with Gasteiger partial charge in [-0.15, -0.1) is 0 Å². The van der Waals surface area contributed by atoms with Crippen LogP contribution in [-0.4, -0.2) is 67.6 Å². The Balaban J connectivity index is 1.20. The molecule has 230 valence electrons. The van der Waals surface area contributed by atoms with Gasteiger partial charge in [-0.25, -0.2) is 9.82 Å². The number of nitrogens with zero attached hydrogens (tertiary/aromatic N) is 3. The van der Waals surface area contributed by atoms with Crippen molar-refractivity contribution in [3.8, 4) is 34.5 Å². The number of aromatic nitrogens is 1. The number of methoxy groups -OCH3 is 2. The molecular weight excluding hydrogens is 567 g/mol. The highest BCUT2D eigenvalue weighted by atomic mass is 19.1. The van der Waals surface area contributed by atoms with Crippen molar-refractivity contribution in [2.45, 2.75) is 25.7 Å². The van der Waals surface area contributed by atoms with E-state index < -0.39 is 11.7 Å². The SMILES string of the molecule is COc1ccc(/C=N/NC(=O)Cc2ccc(Oc3ccnc4cc(OCCCN5CCCC5)c(OC)cc34)c(F)c2)cc1O. The number of hydrazone groups is 1. The predicted molar refractivity (Wildman–Crippen MR) is 165 cm³/mol. The molecule has 1 saturated heterocycles. The third-order valence-electron chi connectivity index (χ3n) is 7.25. The van der Waals surface area contributed by atoms with Crippen LogP contribution in [0.25, 0.3) is 10.9 Å². The molecule has 4 aromatic rings. The highest BCUT2D eigenvalue weighted by Gasteiger charge is 2.15. The second-order valence-electron chi connectivity index (χ2n) is 10.3. The van der Waals surface area contributed by atoms with Crippen LogP contribution in [0.3, 0.4) is 0 Å². The number of rotatable bonds is 13. The van der Waals surface area contributed by atoms with Crippen molar-refractivity contribution in [3.63, 3.8) is 0 Å². The van der Waals surface area contributed by atoms with Crippen molar-refractivity contribution >= 4 is 23.0 Å². The van der Waals surface area contributed by atoms with Crippen LogP contribution in [0.5, 0.6) is 34.5 Å². The fourth-order valence-corrected chi connectivity index (χ4v) is 5.01. The lowest BCUT2D eigenvalue weighted by molar-refractivity contribution is -0.120. The fourth-order valence-electron chi connectivity index (χ4n) is 5.01. The highest BCUT2D eigenvalue weighted by Crippen LogP contribution is 2.37. The van der Waals surface area contributed by atoms with Crippen LogP contribution in [0, 0.1) is 5.82 Å². The molecule has 1 amide bonds. The number of carbonyl (C=O) groups is 1. The van der Waals surface area contributed by atoms with Gasteiger partial charge < -0.3 is 29.0 Å².